The third-order valence-electron chi connectivity index (χ3n) is 4.29. The highest BCUT2D eigenvalue weighted by Crippen LogP contribution is 2.30. The molecule has 2 aromatic rings. The van der Waals surface area contributed by atoms with Crippen LogP contribution in [-0.4, -0.2) is 29.3 Å². The second-order valence-electron chi connectivity index (χ2n) is 5.87. The topological polar surface area (TPSA) is 83.5 Å². The monoisotopic (exact) mass is 327 g/mol. The zero-order chi connectivity index (χ0) is 17.1. The molecule has 0 aliphatic heterocycles. The van der Waals surface area contributed by atoms with Crippen molar-refractivity contribution in [3.63, 3.8) is 0 Å². The molecule has 0 fully saturated rings. The van der Waals surface area contributed by atoms with Crippen LogP contribution in [0, 0.1) is 6.92 Å². The summed E-state index contributed by atoms with van der Waals surface area (Å²) in [5.41, 5.74) is 3.40. The number of carbonyl (C=O) groups is 1. The Labute approximate surface area is 140 Å². The van der Waals surface area contributed by atoms with Gasteiger partial charge in [0, 0.05) is 6.07 Å². The van der Waals surface area contributed by atoms with Gasteiger partial charge in [-0.15, -0.1) is 0 Å². The molecular formula is C18H21N3O3. The van der Waals surface area contributed by atoms with Crippen molar-refractivity contribution in [1.29, 1.82) is 0 Å². The highest BCUT2D eigenvalue weighted by Gasteiger charge is 2.29. The van der Waals surface area contributed by atoms with Crippen molar-refractivity contribution >= 4 is 11.7 Å². The lowest BCUT2D eigenvalue weighted by Crippen LogP contribution is -2.41. The number of carbonyl (C=O) groups excluding carboxylic acids is 1. The van der Waals surface area contributed by atoms with Gasteiger partial charge < -0.3 is 20.5 Å². The number of amides is 2. The predicted octanol–water partition coefficient (Wildman–Crippen LogP) is 2.57. The zero-order valence-electron chi connectivity index (χ0n) is 13.7. The van der Waals surface area contributed by atoms with Crippen LogP contribution in [-0.2, 0) is 6.42 Å². The number of ether oxygens (including phenoxy) is 1. The minimum atomic E-state index is -0.597. The normalized spacial score (nSPS) is 19.3. The van der Waals surface area contributed by atoms with Crippen molar-refractivity contribution in [2.45, 2.75) is 31.9 Å². The summed E-state index contributed by atoms with van der Waals surface area (Å²) in [6.07, 6.45) is 0.852. The molecule has 0 saturated carbocycles. The number of hydrogen-bond acceptors (Lipinski definition) is 4. The molecule has 3 N–H and O–H groups in total. The first-order valence-corrected chi connectivity index (χ1v) is 7.93. The van der Waals surface area contributed by atoms with Gasteiger partial charge in [0.15, 0.2) is 0 Å². The largest absolute Gasteiger partial charge is 0.481 e. The number of aliphatic hydroxyl groups is 1. The summed E-state index contributed by atoms with van der Waals surface area (Å²) in [5.74, 6) is 0.495. The first-order valence-electron chi connectivity index (χ1n) is 7.93. The second-order valence-corrected chi connectivity index (χ2v) is 5.87. The number of methoxy groups -OCH3 is 1. The SMILES string of the molecule is COc1ccc(NC(=O)N[C@H]2c3ccccc3CC[C@H]2O)c(C)n1. The number of pyridine rings is 1. The van der Waals surface area contributed by atoms with Gasteiger partial charge in [-0.2, -0.15) is 0 Å². The first kappa shape index (κ1) is 16.3. The van der Waals surface area contributed by atoms with Crippen LogP contribution >= 0.6 is 0 Å². The summed E-state index contributed by atoms with van der Waals surface area (Å²) in [6, 6.07) is 10.5. The maximum absolute atomic E-state index is 12.4. The number of rotatable bonds is 3. The molecule has 0 bridgehead atoms. The van der Waals surface area contributed by atoms with E-state index in [0.717, 1.165) is 17.5 Å². The molecule has 0 radical (unpaired) electrons. The third-order valence-corrected chi connectivity index (χ3v) is 4.29. The number of aryl methyl sites for hydroxylation is 2. The second kappa shape index (κ2) is 6.88. The summed E-state index contributed by atoms with van der Waals surface area (Å²) in [4.78, 5) is 16.6. The maximum Gasteiger partial charge on any atom is 0.319 e. The average Bonchev–Trinajstić information content (AvgIpc) is 2.59. The van der Waals surface area contributed by atoms with Crippen molar-refractivity contribution in [3.05, 3.63) is 53.2 Å². The molecular weight excluding hydrogens is 306 g/mol. The number of aromatic nitrogens is 1. The van der Waals surface area contributed by atoms with Crippen LogP contribution in [0.5, 0.6) is 5.88 Å². The van der Waals surface area contributed by atoms with Crippen molar-refractivity contribution < 1.29 is 14.6 Å². The number of benzene rings is 1. The molecule has 2 atom stereocenters. The number of anilines is 1. The Morgan fingerprint density at radius 3 is 2.83 bits per heavy atom. The fourth-order valence-corrected chi connectivity index (χ4v) is 3.00. The van der Waals surface area contributed by atoms with E-state index in [-0.39, 0.29) is 6.03 Å². The van der Waals surface area contributed by atoms with Crippen LogP contribution in [0.15, 0.2) is 36.4 Å². The van der Waals surface area contributed by atoms with Crippen molar-refractivity contribution in [1.82, 2.24) is 10.3 Å². The Bertz CT molecular complexity index is 748. The molecule has 6 heteroatoms. The average molecular weight is 327 g/mol. The van der Waals surface area contributed by atoms with E-state index in [0.29, 0.717) is 23.7 Å². The summed E-state index contributed by atoms with van der Waals surface area (Å²) in [7, 11) is 1.55. The lowest BCUT2D eigenvalue weighted by molar-refractivity contribution is 0.115. The van der Waals surface area contributed by atoms with Crippen LogP contribution in [0.4, 0.5) is 10.5 Å². The van der Waals surface area contributed by atoms with Crippen LogP contribution in [0.2, 0.25) is 0 Å². The first-order chi connectivity index (χ1) is 11.6. The molecule has 24 heavy (non-hydrogen) atoms. The Morgan fingerprint density at radius 2 is 2.08 bits per heavy atom. The van der Waals surface area contributed by atoms with Crippen LogP contribution in [0.3, 0.4) is 0 Å². The van der Waals surface area contributed by atoms with Gasteiger partial charge in [-0.25, -0.2) is 9.78 Å². The smallest absolute Gasteiger partial charge is 0.319 e. The van der Waals surface area contributed by atoms with Gasteiger partial charge in [0.1, 0.15) is 0 Å². The lowest BCUT2D eigenvalue weighted by Gasteiger charge is -2.31. The quantitative estimate of drug-likeness (QED) is 0.809. The fourth-order valence-electron chi connectivity index (χ4n) is 3.00. The van der Waals surface area contributed by atoms with E-state index >= 15 is 0 Å². The van der Waals surface area contributed by atoms with Crippen LogP contribution in [0.1, 0.15) is 29.3 Å². The van der Waals surface area contributed by atoms with E-state index in [1.807, 2.05) is 24.3 Å². The summed E-state index contributed by atoms with van der Waals surface area (Å²) >= 11 is 0. The number of nitrogens with zero attached hydrogens (tertiary/aromatic N) is 1. The molecule has 1 heterocycles. The standard InChI is InChI=1S/C18H21N3O3/c1-11-14(8-10-16(19-11)24-2)20-18(23)21-17-13-6-4-3-5-12(13)7-9-15(17)22/h3-6,8,10,15,17,22H,7,9H2,1-2H3,(H2,20,21,23)/t15-,17+/m1/s1. The van der Waals surface area contributed by atoms with Gasteiger partial charge >= 0.3 is 6.03 Å². The van der Waals surface area contributed by atoms with Gasteiger partial charge in [-0.05, 0) is 37.0 Å². The Hall–Kier alpha value is -2.60. The Kier molecular flexibility index (Phi) is 4.66. The van der Waals surface area contributed by atoms with Crippen LogP contribution < -0.4 is 15.4 Å². The molecule has 3 rings (SSSR count). The highest BCUT2D eigenvalue weighted by molar-refractivity contribution is 5.90. The molecule has 6 nitrogen and oxygen atoms in total. The summed E-state index contributed by atoms with van der Waals surface area (Å²) in [6.45, 7) is 1.79. The zero-order valence-corrected chi connectivity index (χ0v) is 13.7. The van der Waals surface area contributed by atoms with Crippen LogP contribution in [0.25, 0.3) is 0 Å². The molecule has 0 saturated heterocycles. The molecule has 0 spiro atoms. The Morgan fingerprint density at radius 1 is 1.29 bits per heavy atom. The van der Waals surface area contributed by atoms with Gasteiger partial charge in [-0.1, -0.05) is 24.3 Å². The van der Waals surface area contributed by atoms with Gasteiger partial charge in [0.2, 0.25) is 5.88 Å². The number of fused-ring (bicyclic) bond motifs is 1. The fraction of sp³-hybridized carbons (Fsp3) is 0.333. The number of urea groups is 1. The molecule has 1 aromatic carbocycles. The molecule has 1 aliphatic carbocycles. The van der Waals surface area contributed by atoms with Crippen molar-refractivity contribution in [2.24, 2.45) is 0 Å². The predicted molar refractivity (Wildman–Crippen MR) is 91.2 cm³/mol. The minimum absolute atomic E-state index is 0.370. The van der Waals surface area contributed by atoms with Crippen molar-refractivity contribution in [2.75, 3.05) is 12.4 Å². The van der Waals surface area contributed by atoms with Gasteiger partial charge in [0.25, 0.3) is 0 Å². The van der Waals surface area contributed by atoms with Gasteiger partial charge in [0.05, 0.1) is 30.6 Å². The van der Waals surface area contributed by atoms with E-state index in [4.69, 9.17) is 4.74 Å². The molecule has 1 aliphatic rings. The molecule has 126 valence electrons. The maximum atomic E-state index is 12.4. The van der Waals surface area contributed by atoms with Crippen molar-refractivity contribution in [3.8, 4) is 5.88 Å². The number of hydrogen-bond donors (Lipinski definition) is 3. The lowest BCUT2D eigenvalue weighted by atomic mass is 9.86. The highest BCUT2D eigenvalue weighted by atomic mass is 16.5. The molecule has 2 amide bonds. The van der Waals surface area contributed by atoms with Gasteiger partial charge in [-0.3, -0.25) is 0 Å². The van der Waals surface area contributed by atoms with E-state index in [1.165, 1.54) is 0 Å². The number of aliphatic hydroxyl groups excluding tert-OH is 1. The van der Waals surface area contributed by atoms with E-state index in [2.05, 4.69) is 15.6 Å². The van der Waals surface area contributed by atoms with E-state index in [1.54, 1.807) is 26.2 Å². The third kappa shape index (κ3) is 3.33. The number of nitrogens with one attached hydrogen (secondary N) is 2. The van der Waals surface area contributed by atoms with E-state index < -0.39 is 12.1 Å². The Balaban J connectivity index is 1.73. The molecule has 1 aromatic heterocycles. The molecule has 0 unspecified atom stereocenters. The minimum Gasteiger partial charge on any atom is -0.481 e. The summed E-state index contributed by atoms with van der Waals surface area (Å²) < 4.78 is 5.06. The van der Waals surface area contributed by atoms with E-state index in [9.17, 15) is 9.90 Å². The summed E-state index contributed by atoms with van der Waals surface area (Å²) in [5, 5.41) is 15.9.